The summed E-state index contributed by atoms with van der Waals surface area (Å²) in [6.07, 6.45) is -0.0156. The maximum Gasteiger partial charge on any atom is 0.410 e. The van der Waals surface area contributed by atoms with E-state index in [1.54, 1.807) is 30.9 Å². The van der Waals surface area contributed by atoms with Gasteiger partial charge in [0.25, 0.3) is 0 Å². The Balaban J connectivity index is 1.50. The number of esters is 1. The van der Waals surface area contributed by atoms with Crippen LogP contribution in [0.4, 0.5) is 4.79 Å². The second-order valence-electron chi connectivity index (χ2n) is 10.8. The number of aryl methyl sites for hydroxylation is 1. The van der Waals surface area contributed by atoms with E-state index in [2.05, 4.69) is 0 Å². The molecule has 8 nitrogen and oxygen atoms in total. The fourth-order valence-electron chi connectivity index (χ4n) is 4.35. The third-order valence-electron chi connectivity index (χ3n) is 5.87. The first-order chi connectivity index (χ1) is 16.9. The first kappa shape index (κ1) is 25.8. The second-order valence-corrected chi connectivity index (χ2v) is 10.8. The number of nitrogens with zero attached hydrogens (tertiary/aromatic N) is 1. The topological polar surface area (TPSA) is 83.5 Å². The summed E-state index contributed by atoms with van der Waals surface area (Å²) >= 11 is 0. The van der Waals surface area contributed by atoms with Crippen LogP contribution in [-0.4, -0.2) is 53.6 Å². The van der Waals surface area contributed by atoms with Crippen molar-refractivity contribution in [1.82, 2.24) is 4.90 Å². The zero-order valence-corrected chi connectivity index (χ0v) is 21.8. The normalized spacial score (nSPS) is 20.8. The molecule has 2 aliphatic heterocycles. The zero-order valence-electron chi connectivity index (χ0n) is 21.8. The molecule has 2 aromatic rings. The van der Waals surface area contributed by atoms with Gasteiger partial charge in [0.2, 0.25) is 5.79 Å². The van der Waals surface area contributed by atoms with Crippen molar-refractivity contribution in [2.75, 3.05) is 13.2 Å². The van der Waals surface area contributed by atoms with Gasteiger partial charge in [-0.05, 0) is 57.4 Å². The van der Waals surface area contributed by atoms with Gasteiger partial charge in [0.1, 0.15) is 29.3 Å². The molecule has 1 fully saturated rings. The summed E-state index contributed by atoms with van der Waals surface area (Å²) in [6.45, 7) is 11.8. The smallest absolute Gasteiger partial charge is 0.410 e. The van der Waals surface area contributed by atoms with Crippen LogP contribution >= 0.6 is 0 Å². The zero-order chi connectivity index (χ0) is 26.1. The molecule has 4 rings (SSSR count). The van der Waals surface area contributed by atoms with Crippen molar-refractivity contribution < 1.29 is 33.3 Å². The second kappa shape index (κ2) is 10.0. The van der Waals surface area contributed by atoms with Crippen LogP contribution in [0.25, 0.3) is 0 Å². The maximum absolute atomic E-state index is 13.0. The molecular weight excluding hydrogens is 462 g/mol. The molecule has 2 aliphatic rings. The molecule has 0 aliphatic carbocycles. The molecule has 0 radical (unpaired) electrons. The third-order valence-corrected chi connectivity index (χ3v) is 5.87. The molecule has 0 unspecified atom stereocenters. The van der Waals surface area contributed by atoms with E-state index >= 15 is 0 Å². The number of carbonyl (C=O) groups is 2. The molecule has 2 heterocycles. The van der Waals surface area contributed by atoms with Crippen LogP contribution in [-0.2, 0) is 20.8 Å². The SMILES string of the molecule is Cc1cc(OC[C@H]2C[C@H](OCc3ccccc3)CN2C(=O)OC(C)(C)C)c2c(c1)OC(C)(C)OC2=O. The summed E-state index contributed by atoms with van der Waals surface area (Å²) in [5.74, 6) is -0.776. The van der Waals surface area contributed by atoms with Crippen LogP contribution in [0.5, 0.6) is 11.5 Å². The van der Waals surface area contributed by atoms with Crippen molar-refractivity contribution in [2.24, 2.45) is 0 Å². The minimum absolute atomic E-state index is 0.164. The largest absolute Gasteiger partial charge is 0.490 e. The van der Waals surface area contributed by atoms with Gasteiger partial charge >= 0.3 is 12.1 Å². The summed E-state index contributed by atoms with van der Waals surface area (Å²) in [7, 11) is 0. The molecule has 36 heavy (non-hydrogen) atoms. The molecule has 8 heteroatoms. The van der Waals surface area contributed by atoms with E-state index in [-0.39, 0.29) is 24.3 Å². The van der Waals surface area contributed by atoms with Gasteiger partial charge in [-0.1, -0.05) is 30.3 Å². The van der Waals surface area contributed by atoms with Crippen LogP contribution < -0.4 is 9.47 Å². The van der Waals surface area contributed by atoms with Gasteiger partial charge in [-0.25, -0.2) is 9.59 Å². The van der Waals surface area contributed by atoms with E-state index in [1.807, 2.05) is 58.0 Å². The Bertz CT molecular complexity index is 1110. The van der Waals surface area contributed by atoms with Crippen molar-refractivity contribution >= 4 is 12.1 Å². The molecule has 1 saturated heterocycles. The van der Waals surface area contributed by atoms with Gasteiger partial charge in [0.15, 0.2) is 0 Å². The highest BCUT2D eigenvalue weighted by atomic mass is 16.7. The number of hydrogen-bond donors (Lipinski definition) is 0. The van der Waals surface area contributed by atoms with Crippen LogP contribution in [0.1, 0.15) is 62.5 Å². The van der Waals surface area contributed by atoms with Crippen LogP contribution in [0.15, 0.2) is 42.5 Å². The van der Waals surface area contributed by atoms with Gasteiger partial charge in [0, 0.05) is 13.8 Å². The van der Waals surface area contributed by atoms with Gasteiger partial charge in [-0.3, -0.25) is 4.90 Å². The Morgan fingerprint density at radius 3 is 2.56 bits per heavy atom. The fourth-order valence-corrected chi connectivity index (χ4v) is 4.35. The standard InChI is InChI=1S/C28H35NO7/c1-18-12-22(24-23(13-18)34-28(5,6)35-25(24)30)33-17-20-14-21(32-16-19-10-8-7-9-11-19)15-29(20)26(31)36-27(2,3)4/h7-13,20-21H,14-17H2,1-6H3/t20-,21+/m1/s1. The van der Waals surface area contributed by atoms with E-state index in [1.165, 1.54) is 0 Å². The number of benzene rings is 2. The van der Waals surface area contributed by atoms with E-state index in [9.17, 15) is 9.59 Å². The molecule has 0 saturated carbocycles. The van der Waals surface area contributed by atoms with E-state index < -0.39 is 23.5 Å². The quantitative estimate of drug-likeness (QED) is 0.504. The molecule has 1 amide bonds. The van der Waals surface area contributed by atoms with Crippen molar-refractivity contribution in [3.63, 3.8) is 0 Å². The molecule has 194 valence electrons. The van der Waals surface area contributed by atoms with Crippen molar-refractivity contribution in [3.8, 4) is 11.5 Å². The number of rotatable bonds is 6. The Morgan fingerprint density at radius 1 is 1.14 bits per heavy atom. The van der Waals surface area contributed by atoms with Crippen molar-refractivity contribution in [2.45, 2.75) is 78.1 Å². The van der Waals surface area contributed by atoms with E-state index in [0.717, 1.165) is 11.1 Å². The number of amides is 1. The molecule has 0 spiro atoms. The highest BCUT2D eigenvalue weighted by Gasteiger charge is 2.40. The van der Waals surface area contributed by atoms with Gasteiger partial charge < -0.3 is 23.7 Å². The predicted molar refractivity (Wildman–Crippen MR) is 133 cm³/mol. The van der Waals surface area contributed by atoms with Crippen LogP contribution in [0.2, 0.25) is 0 Å². The van der Waals surface area contributed by atoms with Crippen molar-refractivity contribution in [3.05, 3.63) is 59.2 Å². The third kappa shape index (κ3) is 6.29. The monoisotopic (exact) mass is 497 g/mol. The Morgan fingerprint density at radius 2 is 1.86 bits per heavy atom. The lowest BCUT2D eigenvalue weighted by Gasteiger charge is -2.33. The van der Waals surface area contributed by atoms with Gasteiger partial charge in [-0.15, -0.1) is 0 Å². The minimum Gasteiger partial charge on any atom is -0.490 e. The first-order valence-corrected chi connectivity index (χ1v) is 12.3. The van der Waals surface area contributed by atoms with Crippen LogP contribution in [0.3, 0.4) is 0 Å². The number of ether oxygens (including phenoxy) is 5. The number of fused-ring (bicyclic) bond motifs is 1. The number of cyclic esters (lactones) is 1. The molecule has 2 atom stereocenters. The van der Waals surface area contributed by atoms with E-state index in [4.69, 9.17) is 23.7 Å². The minimum atomic E-state index is -1.06. The lowest BCUT2D eigenvalue weighted by Crippen LogP contribution is -2.42. The Labute approximate surface area is 212 Å². The highest BCUT2D eigenvalue weighted by Crippen LogP contribution is 2.38. The summed E-state index contributed by atoms with van der Waals surface area (Å²) in [5, 5.41) is 0. The van der Waals surface area contributed by atoms with Crippen LogP contribution in [0, 0.1) is 6.92 Å². The first-order valence-electron chi connectivity index (χ1n) is 12.3. The fraction of sp³-hybridized carbons (Fsp3) is 0.500. The number of carbonyl (C=O) groups excluding carboxylic acids is 2. The molecule has 2 aromatic carbocycles. The Kier molecular flexibility index (Phi) is 7.18. The van der Waals surface area contributed by atoms with Gasteiger partial charge in [-0.2, -0.15) is 0 Å². The maximum atomic E-state index is 13.0. The molecule has 0 N–H and O–H groups in total. The number of hydrogen-bond acceptors (Lipinski definition) is 7. The van der Waals surface area contributed by atoms with E-state index in [0.29, 0.717) is 31.1 Å². The molecule has 0 aromatic heterocycles. The summed E-state index contributed by atoms with van der Waals surface area (Å²) < 4.78 is 29.2. The Hall–Kier alpha value is -3.26. The predicted octanol–water partition coefficient (Wildman–Crippen LogP) is 5.25. The average molecular weight is 498 g/mol. The summed E-state index contributed by atoms with van der Waals surface area (Å²) in [6, 6.07) is 13.2. The highest BCUT2D eigenvalue weighted by molar-refractivity contribution is 5.96. The number of likely N-dealkylation sites (tertiary alicyclic amines) is 1. The summed E-state index contributed by atoms with van der Waals surface area (Å²) in [4.78, 5) is 27.4. The average Bonchev–Trinajstić information content (AvgIpc) is 3.17. The summed E-state index contributed by atoms with van der Waals surface area (Å²) in [5.41, 5.74) is 1.57. The molecule has 0 bridgehead atoms. The van der Waals surface area contributed by atoms with Crippen molar-refractivity contribution in [1.29, 1.82) is 0 Å². The lowest BCUT2D eigenvalue weighted by atomic mass is 10.1. The van der Waals surface area contributed by atoms with Gasteiger partial charge in [0.05, 0.1) is 25.3 Å². The molecular formula is C28H35NO7. The lowest BCUT2D eigenvalue weighted by molar-refractivity contribution is -0.127.